The van der Waals surface area contributed by atoms with Crippen molar-refractivity contribution >= 4 is 15.8 Å². The van der Waals surface area contributed by atoms with Crippen molar-refractivity contribution < 1.29 is 8.42 Å². The molecule has 5 rings (SSSR count). The van der Waals surface area contributed by atoms with Crippen molar-refractivity contribution in [3.05, 3.63) is 29.6 Å². The Labute approximate surface area is 178 Å². The minimum atomic E-state index is -3.69. The fourth-order valence-electron chi connectivity index (χ4n) is 4.74. The van der Waals surface area contributed by atoms with Gasteiger partial charge in [-0.1, -0.05) is 6.42 Å². The number of hydrogen-bond donors (Lipinski definition) is 0. The molecule has 0 aromatic carbocycles. The van der Waals surface area contributed by atoms with Crippen LogP contribution in [-0.4, -0.2) is 51.9 Å². The predicted octanol–water partition coefficient (Wildman–Crippen LogP) is 2.60. The summed E-state index contributed by atoms with van der Waals surface area (Å²) in [5, 5.41) is 0.0990. The summed E-state index contributed by atoms with van der Waals surface area (Å²) in [5.41, 5.74) is 2.23. The van der Waals surface area contributed by atoms with Crippen molar-refractivity contribution in [1.29, 1.82) is 0 Å². The number of piperidine rings is 1. The Kier molecular flexibility index (Phi) is 5.05. The molecule has 2 aromatic heterocycles. The summed E-state index contributed by atoms with van der Waals surface area (Å²) >= 11 is 0. The van der Waals surface area contributed by atoms with Gasteiger partial charge in [-0.3, -0.25) is 0 Å². The number of aromatic nitrogens is 4. The first kappa shape index (κ1) is 19.9. The van der Waals surface area contributed by atoms with E-state index in [1.54, 1.807) is 22.1 Å². The van der Waals surface area contributed by atoms with Gasteiger partial charge in [0.25, 0.3) is 10.0 Å². The number of fused-ring (bicyclic) bond motifs is 1. The largest absolute Gasteiger partial charge is 0.356 e. The Hall–Kier alpha value is -2.00. The average Bonchev–Trinajstić information content (AvgIpc) is 3.44. The fraction of sp³-hybridized carbons (Fsp3) is 0.667. The van der Waals surface area contributed by atoms with Gasteiger partial charge in [0, 0.05) is 44.1 Å². The lowest BCUT2D eigenvalue weighted by Gasteiger charge is -2.35. The van der Waals surface area contributed by atoms with Gasteiger partial charge in [0.2, 0.25) is 0 Å². The van der Waals surface area contributed by atoms with Crippen LogP contribution in [0.1, 0.15) is 61.6 Å². The molecular formula is C21H30N6O2S. The van der Waals surface area contributed by atoms with Crippen LogP contribution in [-0.2, 0) is 23.5 Å². The Balaban J connectivity index is 1.52. The number of anilines is 1. The second-order valence-corrected chi connectivity index (χ2v) is 10.8. The van der Waals surface area contributed by atoms with E-state index < -0.39 is 10.0 Å². The highest BCUT2D eigenvalue weighted by atomic mass is 32.2. The lowest BCUT2D eigenvalue weighted by Crippen LogP contribution is -2.40. The van der Waals surface area contributed by atoms with Crippen LogP contribution in [0.15, 0.2) is 17.6 Å². The van der Waals surface area contributed by atoms with E-state index in [0.29, 0.717) is 12.4 Å². The van der Waals surface area contributed by atoms with Crippen LogP contribution < -0.4 is 4.90 Å². The Morgan fingerprint density at radius 2 is 1.93 bits per heavy atom. The first-order valence-corrected chi connectivity index (χ1v) is 12.5. The average molecular weight is 431 g/mol. The van der Waals surface area contributed by atoms with Crippen LogP contribution in [0, 0.1) is 12.8 Å². The molecule has 0 spiro atoms. The minimum absolute atomic E-state index is 0.0990. The maximum atomic E-state index is 13.4. The van der Waals surface area contributed by atoms with E-state index in [1.807, 2.05) is 6.92 Å². The maximum Gasteiger partial charge on any atom is 0.262 e. The molecule has 30 heavy (non-hydrogen) atoms. The van der Waals surface area contributed by atoms with Crippen molar-refractivity contribution in [2.45, 2.75) is 62.9 Å². The molecule has 2 aliphatic heterocycles. The molecule has 0 N–H and O–H groups in total. The van der Waals surface area contributed by atoms with Crippen molar-refractivity contribution in [3.63, 3.8) is 0 Å². The third kappa shape index (κ3) is 3.62. The Morgan fingerprint density at radius 1 is 1.10 bits per heavy atom. The lowest BCUT2D eigenvalue weighted by molar-refractivity contribution is 0.245. The number of hydrogen-bond acceptors (Lipinski definition) is 6. The summed E-state index contributed by atoms with van der Waals surface area (Å²) in [7, 11) is -1.91. The molecule has 0 bridgehead atoms. The van der Waals surface area contributed by atoms with Gasteiger partial charge in [-0.05, 0) is 51.4 Å². The van der Waals surface area contributed by atoms with E-state index in [2.05, 4.69) is 9.88 Å². The molecule has 1 saturated carbocycles. The van der Waals surface area contributed by atoms with Crippen molar-refractivity contribution in [3.8, 4) is 0 Å². The second kappa shape index (κ2) is 7.60. The quantitative estimate of drug-likeness (QED) is 0.725. The first-order chi connectivity index (χ1) is 14.4. The lowest BCUT2D eigenvalue weighted by atomic mass is 10.0. The van der Waals surface area contributed by atoms with E-state index in [1.165, 1.54) is 24.7 Å². The van der Waals surface area contributed by atoms with Crippen molar-refractivity contribution in [2.24, 2.45) is 13.0 Å². The molecule has 8 nitrogen and oxygen atoms in total. The zero-order chi connectivity index (χ0) is 20.9. The minimum Gasteiger partial charge on any atom is -0.356 e. The first-order valence-electron chi connectivity index (χ1n) is 11.1. The molecule has 2 fully saturated rings. The van der Waals surface area contributed by atoms with Gasteiger partial charge in [0.1, 0.15) is 11.6 Å². The molecule has 0 amide bonds. The molecule has 9 heteroatoms. The van der Waals surface area contributed by atoms with Crippen LogP contribution >= 0.6 is 0 Å². The maximum absolute atomic E-state index is 13.4. The zero-order valence-electron chi connectivity index (χ0n) is 17.8. The van der Waals surface area contributed by atoms with Gasteiger partial charge < -0.3 is 9.47 Å². The van der Waals surface area contributed by atoms with Gasteiger partial charge in [0.05, 0.1) is 12.4 Å². The van der Waals surface area contributed by atoms with Crippen molar-refractivity contribution in [1.82, 2.24) is 23.8 Å². The zero-order valence-corrected chi connectivity index (χ0v) is 18.6. The summed E-state index contributed by atoms with van der Waals surface area (Å²) in [4.78, 5) is 16.4. The van der Waals surface area contributed by atoms with E-state index in [-0.39, 0.29) is 11.1 Å². The highest BCUT2D eigenvalue weighted by molar-refractivity contribution is 7.89. The molecule has 162 valence electrons. The molecule has 4 heterocycles. The molecule has 3 aliphatic rings. The molecule has 0 radical (unpaired) electrons. The number of aryl methyl sites for hydroxylation is 2. The molecule has 2 aromatic rings. The SMILES string of the molecule is Cc1nc([C@H]2CCCCN2S(=O)(=O)c2cn(C)cn2)nc2c1CCCN2CC1CC1. The second-order valence-electron chi connectivity index (χ2n) is 8.97. The predicted molar refractivity (Wildman–Crippen MR) is 114 cm³/mol. The molecule has 1 saturated heterocycles. The molecule has 1 atom stereocenters. The topological polar surface area (TPSA) is 84.2 Å². The Morgan fingerprint density at radius 3 is 2.67 bits per heavy atom. The van der Waals surface area contributed by atoms with E-state index in [9.17, 15) is 8.42 Å². The van der Waals surface area contributed by atoms with Crippen LogP contribution in [0.3, 0.4) is 0 Å². The Bertz CT molecular complexity index is 1050. The molecule has 0 unspecified atom stereocenters. The standard InChI is InChI=1S/C21H30N6O2S/c1-15-17-6-5-10-26(12-16-8-9-16)21(17)24-20(23-15)18-7-3-4-11-27(18)30(28,29)19-13-25(2)14-22-19/h13-14,16,18H,3-12H2,1-2H3/t18-/m1/s1. The van der Waals surface area contributed by atoms with E-state index in [0.717, 1.165) is 62.6 Å². The number of nitrogens with zero attached hydrogens (tertiary/aromatic N) is 6. The van der Waals surface area contributed by atoms with Gasteiger partial charge in [-0.2, -0.15) is 4.31 Å². The number of sulfonamides is 1. The van der Waals surface area contributed by atoms with E-state index >= 15 is 0 Å². The molecular weight excluding hydrogens is 400 g/mol. The van der Waals surface area contributed by atoms with E-state index in [4.69, 9.17) is 9.97 Å². The fourth-order valence-corrected chi connectivity index (χ4v) is 6.37. The summed E-state index contributed by atoms with van der Waals surface area (Å²) in [6.07, 6.45) is 10.4. The smallest absolute Gasteiger partial charge is 0.262 e. The van der Waals surface area contributed by atoms with Crippen molar-refractivity contribution in [2.75, 3.05) is 24.5 Å². The van der Waals surface area contributed by atoms with Crippen LogP contribution in [0.2, 0.25) is 0 Å². The van der Waals surface area contributed by atoms with Gasteiger partial charge in [-0.25, -0.2) is 23.4 Å². The van der Waals surface area contributed by atoms with Crippen LogP contribution in [0.25, 0.3) is 0 Å². The highest BCUT2D eigenvalue weighted by Gasteiger charge is 2.38. The normalized spacial score (nSPS) is 22.9. The van der Waals surface area contributed by atoms with Gasteiger partial charge >= 0.3 is 0 Å². The summed E-state index contributed by atoms with van der Waals surface area (Å²) in [6.45, 7) is 4.61. The third-order valence-corrected chi connectivity index (χ3v) is 8.34. The third-order valence-electron chi connectivity index (χ3n) is 6.55. The summed E-state index contributed by atoms with van der Waals surface area (Å²) in [6, 6.07) is -0.334. The number of imidazole rings is 1. The molecule has 1 aliphatic carbocycles. The monoisotopic (exact) mass is 430 g/mol. The number of rotatable bonds is 5. The highest BCUT2D eigenvalue weighted by Crippen LogP contribution is 2.38. The van der Waals surface area contributed by atoms with Crippen LogP contribution in [0.5, 0.6) is 0 Å². The van der Waals surface area contributed by atoms with Gasteiger partial charge in [0.15, 0.2) is 5.03 Å². The summed E-state index contributed by atoms with van der Waals surface area (Å²) in [5.74, 6) is 2.47. The van der Waals surface area contributed by atoms with Gasteiger partial charge in [-0.15, -0.1) is 0 Å². The van der Waals surface area contributed by atoms with Crippen LogP contribution in [0.4, 0.5) is 5.82 Å². The summed E-state index contributed by atoms with van der Waals surface area (Å²) < 4.78 is 30.0.